The molecule has 0 spiro atoms. The Hall–Kier alpha value is -1.96. The van der Waals surface area contributed by atoms with Crippen molar-refractivity contribution in [3.05, 3.63) is 53.8 Å². The quantitative estimate of drug-likeness (QED) is 0.475. The first kappa shape index (κ1) is 20.8. The predicted molar refractivity (Wildman–Crippen MR) is 117 cm³/mol. The average Bonchev–Trinajstić information content (AvgIpc) is 3.10. The lowest BCUT2D eigenvalue weighted by atomic mass is 10.2. The lowest BCUT2D eigenvalue weighted by molar-refractivity contribution is 0.0983. The molecule has 0 aliphatic heterocycles. The summed E-state index contributed by atoms with van der Waals surface area (Å²) in [5, 5.41) is 0.542. The molecule has 0 saturated heterocycles. The summed E-state index contributed by atoms with van der Waals surface area (Å²) in [7, 11) is 4.01. The molecule has 2 aromatic carbocycles. The summed E-state index contributed by atoms with van der Waals surface area (Å²) >= 11 is 3.00. The fourth-order valence-corrected chi connectivity index (χ4v) is 4.72. The van der Waals surface area contributed by atoms with E-state index >= 15 is 0 Å². The Kier molecular flexibility index (Phi) is 7.04. The molecule has 0 unspecified atom stereocenters. The maximum absolute atomic E-state index is 14.1. The first-order valence-electron chi connectivity index (χ1n) is 9.24. The standard InChI is InChI=1S/C21H24FN3OS2/c1-4-27-17-11-6-5-9-15(17)20(26)25(14-8-13-24(2)3)21-23-19-16(22)10-7-12-18(19)28-21/h5-7,9-12H,4,8,13-14H2,1-3H3. The van der Waals surface area contributed by atoms with E-state index in [4.69, 9.17) is 0 Å². The highest BCUT2D eigenvalue weighted by Gasteiger charge is 2.23. The summed E-state index contributed by atoms with van der Waals surface area (Å²) in [5.41, 5.74) is 0.989. The van der Waals surface area contributed by atoms with Gasteiger partial charge in [-0.2, -0.15) is 0 Å². The second kappa shape index (κ2) is 9.49. The summed E-state index contributed by atoms with van der Waals surface area (Å²) in [6, 6.07) is 12.6. The summed E-state index contributed by atoms with van der Waals surface area (Å²) in [4.78, 5) is 22.7. The van der Waals surface area contributed by atoms with Crippen LogP contribution in [0.15, 0.2) is 47.4 Å². The van der Waals surface area contributed by atoms with E-state index in [0.29, 0.717) is 22.8 Å². The molecule has 148 valence electrons. The number of fused-ring (bicyclic) bond motifs is 1. The molecule has 3 rings (SSSR count). The lowest BCUT2D eigenvalue weighted by Gasteiger charge is -2.22. The smallest absolute Gasteiger partial charge is 0.261 e. The molecule has 0 atom stereocenters. The molecule has 1 aromatic heterocycles. The number of carbonyl (C=O) groups excluding carboxylic acids is 1. The monoisotopic (exact) mass is 417 g/mol. The van der Waals surface area contributed by atoms with Crippen molar-refractivity contribution >= 4 is 44.4 Å². The first-order chi connectivity index (χ1) is 13.5. The zero-order valence-electron chi connectivity index (χ0n) is 16.3. The molecule has 3 aromatic rings. The second-order valence-corrected chi connectivity index (χ2v) is 8.94. The van der Waals surface area contributed by atoms with Gasteiger partial charge in [0.25, 0.3) is 5.91 Å². The molecular weight excluding hydrogens is 393 g/mol. The number of carbonyl (C=O) groups is 1. The van der Waals surface area contributed by atoms with Gasteiger partial charge in [-0.15, -0.1) is 11.8 Å². The van der Waals surface area contributed by atoms with E-state index in [1.165, 1.54) is 17.4 Å². The molecule has 0 radical (unpaired) electrons. The highest BCUT2D eigenvalue weighted by Crippen LogP contribution is 2.32. The molecule has 0 saturated carbocycles. The number of nitrogens with zero attached hydrogens (tertiary/aromatic N) is 3. The number of para-hydroxylation sites is 1. The highest BCUT2D eigenvalue weighted by atomic mass is 32.2. The van der Waals surface area contributed by atoms with Crippen LogP contribution in [0.3, 0.4) is 0 Å². The normalized spacial score (nSPS) is 11.3. The molecule has 1 heterocycles. The first-order valence-corrected chi connectivity index (χ1v) is 11.0. The molecule has 4 nitrogen and oxygen atoms in total. The number of halogens is 1. The number of amides is 1. The Labute approximate surface area is 173 Å². The van der Waals surface area contributed by atoms with Crippen molar-refractivity contribution in [2.24, 2.45) is 0 Å². The van der Waals surface area contributed by atoms with E-state index < -0.39 is 0 Å². The van der Waals surface area contributed by atoms with Gasteiger partial charge in [-0.3, -0.25) is 9.69 Å². The summed E-state index contributed by atoms with van der Waals surface area (Å²) in [5.74, 6) is 0.439. The fourth-order valence-electron chi connectivity index (χ4n) is 2.92. The van der Waals surface area contributed by atoms with Gasteiger partial charge in [0.1, 0.15) is 11.3 Å². The van der Waals surface area contributed by atoms with Crippen molar-refractivity contribution < 1.29 is 9.18 Å². The van der Waals surface area contributed by atoms with Gasteiger partial charge in [0.05, 0.1) is 10.3 Å². The minimum Gasteiger partial charge on any atom is -0.309 e. The van der Waals surface area contributed by atoms with Crippen LogP contribution in [0.25, 0.3) is 10.2 Å². The number of benzene rings is 2. The zero-order valence-corrected chi connectivity index (χ0v) is 17.9. The van der Waals surface area contributed by atoms with E-state index in [1.54, 1.807) is 22.7 Å². The van der Waals surface area contributed by atoms with Crippen LogP contribution in [0.4, 0.5) is 9.52 Å². The largest absolute Gasteiger partial charge is 0.309 e. The number of thioether (sulfide) groups is 1. The summed E-state index contributed by atoms with van der Waals surface area (Å²) in [6.45, 7) is 3.45. The van der Waals surface area contributed by atoms with Gasteiger partial charge in [0.2, 0.25) is 0 Å². The van der Waals surface area contributed by atoms with E-state index in [0.717, 1.165) is 28.3 Å². The van der Waals surface area contributed by atoms with Crippen molar-refractivity contribution in [3.63, 3.8) is 0 Å². The minimum atomic E-state index is -0.359. The van der Waals surface area contributed by atoms with Crippen molar-refractivity contribution in [2.45, 2.75) is 18.2 Å². The van der Waals surface area contributed by atoms with Crippen LogP contribution >= 0.6 is 23.1 Å². The van der Waals surface area contributed by atoms with E-state index in [9.17, 15) is 9.18 Å². The molecule has 7 heteroatoms. The van der Waals surface area contributed by atoms with Crippen LogP contribution < -0.4 is 4.90 Å². The maximum Gasteiger partial charge on any atom is 0.261 e. The van der Waals surface area contributed by atoms with Crippen LogP contribution in [-0.2, 0) is 0 Å². The Balaban J connectivity index is 1.98. The van der Waals surface area contributed by atoms with Gasteiger partial charge in [0, 0.05) is 11.4 Å². The lowest BCUT2D eigenvalue weighted by Crippen LogP contribution is -2.33. The molecule has 0 bridgehead atoms. The number of thiazole rings is 1. The Morgan fingerprint density at radius 2 is 1.93 bits per heavy atom. The van der Waals surface area contributed by atoms with E-state index in [1.807, 2.05) is 44.4 Å². The Morgan fingerprint density at radius 1 is 1.14 bits per heavy atom. The summed E-state index contributed by atoms with van der Waals surface area (Å²) < 4.78 is 14.9. The third-order valence-electron chi connectivity index (χ3n) is 4.24. The average molecular weight is 418 g/mol. The topological polar surface area (TPSA) is 36.4 Å². The van der Waals surface area contributed by atoms with Gasteiger partial charge in [-0.25, -0.2) is 9.37 Å². The molecule has 0 fully saturated rings. The van der Waals surface area contributed by atoms with Gasteiger partial charge < -0.3 is 4.90 Å². The van der Waals surface area contributed by atoms with Crippen LogP contribution in [0.2, 0.25) is 0 Å². The number of rotatable bonds is 8. The van der Waals surface area contributed by atoms with Crippen LogP contribution in [0.1, 0.15) is 23.7 Å². The summed E-state index contributed by atoms with van der Waals surface area (Å²) in [6.07, 6.45) is 0.806. The molecular formula is C21H24FN3OS2. The highest BCUT2D eigenvalue weighted by molar-refractivity contribution is 7.99. The molecule has 0 aliphatic rings. The number of hydrogen-bond acceptors (Lipinski definition) is 5. The predicted octanol–water partition coefficient (Wildman–Crippen LogP) is 5.15. The van der Waals surface area contributed by atoms with Gasteiger partial charge >= 0.3 is 0 Å². The van der Waals surface area contributed by atoms with Crippen molar-refractivity contribution in [1.29, 1.82) is 0 Å². The molecule has 28 heavy (non-hydrogen) atoms. The van der Waals surface area contributed by atoms with Gasteiger partial charge in [-0.1, -0.05) is 36.5 Å². The number of anilines is 1. The van der Waals surface area contributed by atoms with Crippen molar-refractivity contribution in [1.82, 2.24) is 9.88 Å². The van der Waals surface area contributed by atoms with Crippen LogP contribution in [0, 0.1) is 5.82 Å². The third-order valence-corrected chi connectivity index (χ3v) is 6.24. The third kappa shape index (κ3) is 4.71. The van der Waals surface area contributed by atoms with Crippen molar-refractivity contribution in [2.75, 3.05) is 37.8 Å². The van der Waals surface area contributed by atoms with Crippen LogP contribution in [-0.4, -0.2) is 48.7 Å². The second-order valence-electron chi connectivity index (χ2n) is 6.63. The fraction of sp³-hybridized carbons (Fsp3) is 0.333. The van der Waals surface area contributed by atoms with Gasteiger partial charge in [0.15, 0.2) is 5.13 Å². The zero-order chi connectivity index (χ0) is 20.1. The molecule has 0 N–H and O–H groups in total. The minimum absolute atomic E-state index is 0.0882. The van der Waals surface area contributed by atoms with Gasteiger partial charge in [-0.05, 0) is 57.1 Å². The SMILES string of the molecule is CCSc1ccccc1C(=O)N(CCCN(C)C)c1nc2c(F)cccc2s1. The van der Waals surface area contributed by atoms with Crippen LogP contribution in [0.5, 0.6) is 0 Å². The van der Waals surface area contributed by atoms with E-state index in [-0.39, 0.29) is 11.7 Å². The molecule has 1 amide bonds. The number of hydrogen-bond donors (Lipinski definition) is 0. The van der Waals surface area contributed by atoms with Crippen molar-refractivity contribution in [3.8, 4) is 0 Å². The number of aromatic nitrogens is 1. The Bertz CT molecular complexity index is 958. The van der Waals surface area contributed by atoms with E-state index in [2.05, 4.69) is 16.8 Å². The molecule has 0 aliphatic carbocycles. The maximum atomic E-state index is 14.1. The Morgan fingerprint density at radius 3 is 2.64 bits per heavy atom.